The van der Waals surface area contributed by atoms with E-state index in [0.29, 0.717) is 19.7 Å². The number of rotatable bonds is 6. The quantitative estimate of drug-likeness (QED) is 0.573. The van der Waals surface area contributed by atoms with Crippen LogP contribution in [-0.2, 0) is 27.3 Å². The van der Waals surface area contributed by atoms with Gasteiger partial charge in [0.2, 0.25) is 0 Å². The van der Waals surface area contributed by atoms with Crippen molar-refractivity contribution in [1.29, 1.82) is 0 Å². The third-order valence-electron chi connectivity index (χ3n) is 7.22. The molecule has 4 rings (SSSR count). The first-order chi connectivity index (χ1) is 15.0. The van der Waals surface area contributed by atoms with Gasteiger partial charge in [0.15, 0.2) is 6.04 Å². The second-order valence-electron chi connectivity index (χ2n) is 9.20. The molecule has 3 heterocycles. The second kappa shape index (κ2) is 10.0. The van der Waals surface area contributed by atoms with E-state index in [2.05, 4.69) is 25.1 Å². The van der Waals surface area contributed by atoms with Gasteiger partial charge in [0.25, 0.3) is 5.91 Å². The average Bonchev–Trinajstić information content (AvgIpc) is 3.27. The van der Waals surface area contributed by atoms with E-state index in [1.807, 2.05) is 11.8 Å². The molecular weight excluding hydrogens is 394 g/mol. The highest BCUT2D eigenvalue weighted by Crippen LogP contribution is 2.25. The summed E-state index contributed by atoms with van der Waals surface area (Å²) in [6.45, 7) is 11.7. The lowest BCUT2D eigenvalue weighted by Crippen LogP contribution is -3.29. The van der Waals surface area contributed by atoms with E-state index in [0.717, 1.165) is 64.3 Å². The van der Waals surface area contributed by atoms with Crippen molar-refractivity contribution in [1.82, 2.24) is 4.90 Å². The van der Waals surface area contributed by atoms with Gasteiger partial charge in [-0.1, -0.05) is 0 Å². The van der Waals surface area contributed by atoms with Gasteiger partial charge in [0, 0.05) is 25.1 Å². The lowest BCUT2D eigenvalue weighted by molar-refractivity contribution is -1.02. The summed E-state index contributed by atoms with van der Waals surface area (Å²) < 4.78 is 10.8. The van der Waals surface area contributed by atoms with Gasteiger partial charge in [-0.3, -0.25) is 9.59 Å². The number of amides is 1. The molecule has 170 valence electrons. The molecule has 0 aliphatic carbocycles. The van der Waals surface area contributed by atoms with E-state index in [9.17, 15) is 9.59 Å². The molecule has 2 N–H and O–H groups in total. The average molecular weight is 432 g/mol. The predicted octanol–water partition coefficient (Wildman–Crippen LogP) is -0.905. The van der Waals surface area contributed by atoms with Crippen LogP contribution in [0.15, 0.2) is 18.2 Å². The maximum absolute atomic E-state index is 13.1. The highest BCUT2D eigenvalue weighted by Gasteiger charge is 2.36. The maximum atomic E-state index is 13.1. The first-order valence-electron chi connectivity index (χ1n) is 11.9. The normalized spacial score (nSPS) is 24.9. The van der Waals surface area contributed by atoms with Gasteiger partial charge in [-0.25, -0.2) is 0 Å². The molecule has 31 heavy (non-hydrogen) atoms. The number of piperazine rings is 1. The number of nitrogens with one attached hydrogen (secondary N) is 2. The molecule has 3 aliphatic rings. The Morgan fingerprint density at radius 2 is 1.94 bits per heavy atom. The molecule has 1 aromatic carbocycles. The number of esters is 1. The van der Waals surface area contributed by atoms with Crippen molar-refractivity contribution in [3.8, 4) is 5.75 Å². The van der Waals surface area contributed by atoms with Crippen LogP contribution >= 0.6 is 0 Å². The number of quaternary nitrogens is 2. The van der Waals surface area contributed by atoms with Crippen molar-refractivity contribution in [3.05, 3.63) is 29.3 Å². The fourth-order valence-electron chi connectivity index (χ4n) is 5.22. The Hall–Kier alpha value is -2.12. The zero-order valence-corrected chi connectivity index (χ0v) is 19.0. The Morgan fingerprint density at radius 3 is 2.65 bits per heavy atom. The first kappa shape index (κ1) is 22.1. The van der Waals surface area contributed by atoms with E-state index in [1.165, 1.54) is 16.0 Å². The lowest BCUT2D eigenvalue weighted by atomic mass is 9.96. The predicted molar refractivity (Wildman–Crippen MR) is 116 cm³/mol. The highest BCUT2D eigenvalue weighted by atomic mass is 16.5. The van der Waals surface area contributed by atoms with Crippen LogP contribution < -0.4 is 14.5 Å². The second-order valence-corrected chi connectivity index (χ2v) is 9.20. The van der Waals surface area contributed by atoms with Gasteiger partial charge in [-0.15, -0.1) is 0 Å². The molecule has 1 atom stereocenters. The van der Waals surface area contributed by atoms with E-state index in [-0.39, 0.29) is 23.8 Å². The molecule has 0 radical (unpaired) electrons. The number of nitrogens with zero attached hydrogens (tertiary/aromatic N) is 1. The summed E-state index contributed by atoms with van der Waals surface area (Å²) >= 11 is 0. The zero-order valence-electron chi connectivity index (χ0n) is 19.0. The Labute approximate surface area is 185 Å². The minimum atomic E-state index is -0.108. The van der Waals surface area contributed by atoms with E-state index < -0.39 is 0 Å². The largest absolute Gasteiger partial charge is 0.493 e. The molecule has 0 bridgehead atoms. The molecule has 0 aromatic heterocycles. The van der Waals surface area contributed by atoms with E-state index >= 15 is 0 Å². The number of fused-ring (bicyclic) bond motifs is 1. The molecule has 3 aliphatic heterocycles. The van der Waals surface area contributed by atoms with Gasteiger partial charge < -0.3 is 24.2 Å². The van der Waals surface area contributed by atoms with Crippen LogP contribution in [0, 0.1) is 5.92 Å². The number of ether oxygens (including phenoxy) is 2. The van der Waals surface area contributed by atoms with Crippen molar-refractivity contribution < 1.29 is 28.9 Å². The molecule has 1 aromatic rings. The fourth-order valence-corrected chi connectivity index (χ4v) is 5.22. The van der Waals surface area contributed by atoms with Crippen LogP contribution in [0.5, 0.6) is 5.75 Å². The number of hydrogen-bond donors (Lipinski definition) is 2. The van der Waals surface area contributed by atoms with Crippen LogP contribution in [0.2, 0.25) is 0 Å². The maximum Gasteiger partial charge on any atom is 0.309 e. The SMILES string of the molecule is CCOC(=O)C1CCN(C(=O)[C@H](C)[NH+]2CC[NH+](Cc3ccc4c(c3)CCO4)CC2)CC1. The first-order valence-corrected chi connectivity index (χ1v) is 11.9. The van der Waals surface area contributed by atoms with Crippen LogP contribution in [0.25, 0.3) is 0 Å². The molecule has 7 nitrogen and oxygen atoms in total. The smallest absolute Gasteiger partial charge is 0.309 e. The summed E-state index contributed by atoms with van der Waals surface area (Å²) in [6.07, 6.45) is 2.46. The minimum absolute atomic E-state index is 0.0159. The van der Waals surface area contributed by atoms with Gasteiger partial charge in [0.05, 0.1) is 19.1 Å². The van der Waals surface area contributed by atoms with Crippen LogP contribution in [0.3, 0.4) is 0 Å². The van der Waals surface area contributed by atoms with Crippen LogP contribution in [0.4, 0.5) is 0 Å². The number of carbonyl (C=O) groups is 2. The topological polar surface area (TPSA) is 64.7 Å². The summed E-state index contributed by atoms with van der Waals surface area (Å²) in [5, 5.41) is 0. The summed E-state index contributed by atoms with van der Waals surface area (Å²) in [7, 11) is 0. The molecule has 0 spiro atoms. The number of likely N-dealkylation sites (tertiary alicyclic amines) is 1. The third-order valence-corrected chi connectivity index (χ3v) is 7.22. The third kappa shape index (κ3) is 5.21. The molecule has 2 fully saturated rings. The van der Waals surface area contributed by atoms with Gasteiger partial charge in [-0.2, -0.15) is 0 Å². The van der Waals surface area contributed by atoms with Crippen molar-refractivity contribution >= 4 is 11.9 Å². The van der Waals surface area contributed by atoms with Crippen molar-refractivity contribution in [2.75, 3.05) is 52.5 Å². The highest BCUT2D eigenvalue weighted by molar-refractivity contribution is 5.80. The summed E-state index contributed by atoms with van der Waals surface area (Å²) in [4.78, 5) is 29.9. The summed E-state index contributed by atoms with van der Waals surface area (Å²) in [6, 6.07) is 6.60. The number of benzene rings is 1. The molecule has 7 heteroatoms. The number of piperidine rings is 1. The molecule has 2 saturated heterocycles. The standard InChI is InChI=1S/C24H35N3O4/c1-3-30-24(29)20-6-9-27(10-7-20)23(28)18(2)26-13-11-25(12-14-26)17-19-4-5-22-21(16-19)8-15-31-22/h4-5,16,18,20H,3,6-15,17H2,1-2H3/p+2/t18-/m0/s1. The van der Waals surface area contributed by atoms with Gasteiger partial charge >= 0.3 is 5.97 Å². The monoisotopic (exact) mass is 431 g/mol. The molecule has 0 unspecified atom stereocenters. The van der Waals surface area contributed by atoms with Gasteiger partial charge in [0.1, 0.15) is 38.5 Å². The molecule has 0 saturated carbocycles. The van der Waals surface area contributed by atoms with E-state index in [4.69, 9.17) is 9.47 Å². The van der Waals surface area contributed by atoms with E-state index in [1.54, 1.807) is 4.90 Å². The van der Waals surface area contributed by atoms with Crippen molar-refractivity contribution in [2.24, 2.45) is 5.92 Å². The minimum Gasteiger partial charge on any atom is -0.493 e. The van der Waals surface area contributed by atoms with Crippen molar-refractivity contribution in [2.45, 2.75) is 45.7 Å². The lowest BCUT2D eigenvalue weighted by Gasteiger charge is -2.36. The fraction of sp³-hybridized carbons (Fsp3) is 0.667. The number of carbonyl (C=O) groups excluding carboxylic acids is 2. The van der Waals surface area contributed by atoms with Crippen LogP contribution in [-0.4, -0.2) is 75.3 Å². The molecular formula is C24H37N3O4+2. The molecule has 1 amide bonds. The summed E-state index contributed by atoms with van der Waals surface area (Å²) in [5.74, 6) is 1.12. The zero-order chi connectivity index (χ0) is 21.8. The van der Waals surface area contributed by atoms with Crippen LogP contribution in [0.1, 0.15) is 37.8 Å². The Bertz CT molecular complexity index is 783. The Kier molecular flexibility index (Phi) is 7.13. The number of hydrogen-bond acceptors (Lipinski definition) is 4. The van der Waals surface area contributed by atoms with Crippen molar-refractivity contribution in [3.63, 3.8) is 0 Å². The Balaban J connectivity index is 1.22. The van der Waals surface area contributed by atoms with Gasteiger partial charge in [-0.05, 0) is 50.5 Å². The Morgan fingerprint density at radius 1 is 1.19 bits per heavy atom. The summed E-state index contributed by atoms with van der Waals surface area (Å²) in [5.41, 5.74) is 2.73.